The molecule has 0 saturated heterocycles. The van der Waals surface area contributed by atoms with Crippen LogP contribution in [0.3, 0.4) is 0 Å². The molecule has 4 N–H and O–H groups in total. The van der Waals surface area contributed by atoms with E-state index in [1.807, 2.05) is 24.4 Å². The van der Waals surface area contributed by atoms with Gasteiger partial charge in [0.05, 0.1) is 6.04 Å². The molecule has 0 aliphatic carbocycles. The van der Waals surface area contributed by atoms with Gasteiger partial charge in [-0.15, -0.1) is 0 Å². The van der Waals surface area contributed by atoms with Crippen LogP contribution in [-0.4, -0.2) is 16.9 Å². The fourth-order valence-electron chi connectivity index (χ4n) is 3.54. The molecule has 1 atom stereocenters. The fourth-order valence-corrected chi connectivity index (χ4v) is 3.54. The first-order valence-electron chi connectivity index (χ1n) is 9.62. The Morgan fingerprint density at radius 3 is 2.26 bits per heavy atom. The molecule has 4 heteroatoms. The Bertz CT molecular complexity index is 913. The predicted octanol–water partition coefficient (Wildman–Crippen LogP) is 4.92. The van der Waals surface area contributed by atoms with E-state index in [2.05, 4.69) is 62.3 Å². The molecule has 1 aromatic heterocycles. The van der Waals surface area contributed by atoms with Crippen molar-refractivity contribution in [3.05, 3.63) is 65.4 Å². The molecule has 142 valence electrons. The van der Waals surface area contributed by atoms with Gasteiger partial charge >= 0.3 is 0 Å². The molecule has 3 rings (SSSR count). The highest BCUT2D eigenvalue weighted by Gasteiger charge is 2.20. The van der Waals surface area contributed by atoms with E-state index in [4.69, 9.17) is 5.73 Å². The highest BCUT2D eigenvalue weighted by Crippen LogP contribution is 2.32. The van der Waals surface area contributed by atoms with Crippen LogP contribution in [0.4, 0.5) is 5.69 Å². The highest BCUT2D eigenvalue weighted by molar-refractivity contribution is 5.97. The van der Waals surface area contributed by atoms with E-state index >= 15 is 0 Å². The van der Waals surface area contributed by atoms with E-state index in [1.54, 1.807) is 0 Å². The Morgan fingerprint density at radius 2 is 1.63 bits per heavy atom. The molecule has 2 aromatic carbocycles. The maximum absolute atomic E-state index is 12.9. The lowest BCUT2D eigenvalue weighted by atomic mass is 9.92. The smallest absolute Gasteiger partial charge is 0.241 e. The minimum atomic E-state index is -0.607. The second kappa shape index (κ2) is 7.97. The van der Waals surface area contributed by atoms with Gasteiger partial charge in [-0.25, -0.2) is 0 Å². The summed E-state index contributed by atoms with van der Waals surface area (Å²) in [5.41, 5.74) is 11.6. The number of amides is 1. The Hall–Kier alpha value is -2.59. The average molecular weight is 364 g/mol. The van der Waals surface area contributed by atoms with Crippen molar-refractivity contribution in [1.82, 2.24) is 4.98 Å². The minimum absolute atomic E-state index is 0.143. The normalized spacial score (nSPS) is 12.7. The van der Waals surface area contributed by atoms with E-state index in [1.165, 1.54) is 0 Å². The number of para-hydroxylation sites is 2. The number of benzene rings is 2. The molecule has 0 aliphatic heterocycles. The summed E-state index contributed by atoms with van der Waals surface area (Å²) in [4.78, 5) is 16.1. The molecule has 0 radical (unpaired) electrons. The summed E-state index contributed by atoms with van der Waals surface area (Å²) < 4.78 is 0. The van der Waals surface area contributed by atoms with Crippen LogP contribution >= 0.6 is 0 Å². The van der Waals surface area contributed by atoms with Crippen LogP contribution in [0.1, 0.15) is 56.2 Å². The SMILES string of the molecule is CC(C)c1cccc(C(C)C)c1NC(=O)[C@@H](N)Cc1c[nH]c2ccccc12. The maximum Gasteiger partial charge on any atom is 0.241 e. The number of nitrogens with two attached hydrogens (primary N) is 1. The van der Waals surface area contributed by atoms with Crippen LogP contribution in [-0.2, 0) is 11.2 Å². The second-order valence-electron chi connectivity index (χ2n) is 7.78. The van der Waals surface area contributed by atoms with Gasteiger partial charge in [0, 0.05) is 22.8 Å². The summed E-state index contributed by atoms with van der Waals surface area (Å²) in [5, 5.41) is 4.24. The number of hydrogen-bond donors (Lipinski definition) is 3. The third-order valence-corrected chi connectivity index (χ3v) is 5.07. The van der Waals surface area contributed by atoms with Crippen molar-refractivity contribution in [2.24, 2.45) is 5.73 Å². The van der Waals surface area contributed by atoms with Gasteiger partial charge < -0.3 is 16.0 Å². The van der Waals surface area contributed by atoms with E-state index in [9.17, 15) is 4.79 Å². The van der Waals surface area contributed by atoms with E-state index < -0.39 is 6.04 Å². The molecule has 0 aliphatic rings. The Morgan fingerprint density at radius 1 is 1.00 bits per heavy atom. The zero-order chi connectivity index (χ0) is 19.6. The molecule has 27 heavy (non-hydrogen) atoms. The first kappa shape index (κ1) is 19.2. The van der Waals surface area contributed by atoms with Crippen LogP contribution in [0.5, 0.6) is 0 Å². The standard InChI is InChI=1S/C23H29N3O/c1-14(2)17-9-7-10-18(15(3)4)22(17)26-23(27)20(24)12-16-13-25-21-11-6-5-8-19(16)21/h5-11,13-15,20,25H,12,24H2,1-4H3,(H,26,27)/t20-/m0/s1. The number of rotatable bonds is 6. The summed E-state index contributed by atoms with van der Waals surface area (Å²) in [6, 6.07) is 13.7. The number of carbonyl (C=O) groups excluding carboxylic acids is 1. The van der Waals surface area contributed by atoms with E-state index in [-0.39, 0.29) is 5.91 Å². The number of carbonyl (C=O) groups is 1. The van der Waals surface area contributed by atoms with Crippen molar-refractivity contribution < 1.29 is 4.79 Å². The Labute approximate surface area is 161 Å². The van der Waals surface area contributed by atoms with E-state index in [0.29, 0.717) is 18.3 Å². The van der Waals surface area contributed by atoms with Gasteiger partial charge in [-0.05, 0) is 41.0 Å². The molecule has 0 spiro atoms. The quantitative estimate of drug-likeness (QED) is 0.581. The molecule has 4 nitrogen and oxygen atoms in total. The minimum Gasteiger partial charge on any atom is -0.361 e. The zero-order valence-electron chi connectivity index (χ0n) is 16.5. The summed E-state index contributed by atoms with van der Waals surface area (Å²) in [6.07, 6.45) is 2.44. The summed E-state index contributed by atoms with van der Waals surface area (Å²) in [7, 11) is 0. The molecule has 3 aromatic rings. The average Bonchev–Trinajstić information content (AvgIpc) is 3.04. The van der Waals surface area contributed by atoms with Crippen molar-refractivity contribution in [3.63, 3.8) is 0 Å². The molecule has 0 bridgehead atoms. The van der Waals surface area contributed by atoms with Gasteiger partial charge in [0.1, 0.15) is 0 Å². The van der Waals surface area contributed by atoms with Crippen molar-refractivity contribution >= 4 is 22.5 Å². The number of aromatic amines is 1. The van der Waals surface area contributed by atoms with Crippen molar-refractivity contribution in [2.75, 3.05) is 5.32 Å². The monoisotopic (exact) mass is 363 g/mol. The zero-order valence-corrected chi connectivity index (χ0v) is 16.5. The lowest BCUT2D eigenvalue weighted by Gasteiger charge is -2.21. The van der Waals surface area contributed by atoms with Crippen LogP contribution in [0, 0.1) is 0 Å². The summed E-state index contributed by atoms with van der Waals surface area (Å²) in [6.45, 7) is 8.56. The van der Waals surface area contributed by atoms with Crippen LogP contribution < -0.4 is 11.1 Å². The molecule has 0 saturated carbocycles. The van der Waals surface area contributed by atoms with Gasteiger partial charge in [-0.1, -0.05) is 64.1 Å². The molecule has 0 fully saturated rings. The lowest BCUT2D eigenvalue weighted by Crippen LogP contribution is -2.38. The van der Waals surface area contributed by atoms with Crippen molar-refractivity contribution in [2.45, 2.75) is 52.0 Å². The molecular formula is C23H29N3O. The maximum atomic E-state index is 12.9. The second-order valence-corrected chi connectivity index (χ2v) is 7.78. The molecular weight excluding hydrogens is 334 g/mol. The molecule has 0 unspecified atom stereocenters. The predicted molar refractivity (Wildman–Crippen MR) is 113 cm³/mol. The fraction of sp³-hybridized carbons (Fsp3) is 0.348. The number of hydrogen-bond acceptors (Lipinski definition) is 2. The molecule has 1 heterocycles. The van der Waals surface area contributed by atoms with Gasteiger partial charge in [0.15, 0.2) is 0 Å². The van der Waals surface area contributed by atoms with Crippen molar-refractivity contribution in [3.8, 4) is 0 Å². The summed E-state index contributed by atoms with van der Waals surface area (Å²) in [5.74, 6) is 0.503. The van der Waals surface area contributed by atoms with Crippen LogP contribution in [0.2, 0.25) is 0 Å². The third-order valence-electron chi connectivity index (χ3n) is 5.07. The number of nitrogens with one attached hydrogen (secondary N) is 2. The van der Waals surface area contributed by atoms with Crippen LogP contribution in [0.25, 0.3) is 10.9 Å². The highest BCUT2D eigenvalue weighted by atomic mass is 16.2. The number of aromatic nitrogens is 1. The summed E-state index contributed by atoms with van der Waals surface area (Å²) >= 11 is 0. The van der Waals surface area contributed by atoms with Gasteiger partial charge in [-0.3, -0.25) is 4.79 Å². The first-order chi connectivity index (χ1) is 12.9. The Balaban J connectivity index is 1.83. The third kappa shape index (κ3) is 4.06. The Kier molecular flexibility index (Phi) is 5.66. The van der Waals surface area contributed by atoms with Crippen LogP contribution in [0.15, 0.2) is 48.7 Å². The van der Waals surface area contributed by atoms with Crippen molar-refractivity contribution in [1.29, 1.82) is 0 Å². The molecule has 1 amide bonds. The number of fused-ring (bicyclic) bond motifs is 1. The van der Waals surface area contributed by atoms with Gasteiger partial charge in [0.25, 0.3) is 0 Å². The van der Waals surface area contributed by atoms with E-state index in [0.717, 1.165) is 33.3 Å². The first-order valence-corrected chi connectivity index (χ1v) is 9.62. The lowest BCUT2D eigenvalue weighted by molar-refractivity contribution is -0.117. The number of H-pyrrole nitrogens is 1. The van der Waals surface area contributed by atoms with Gasteiger partial charge in [0.2, 0.25) is 5.91 Å². The topological polar surface area (TPSA) is 70.9 Å². The number of anilines is 1. The largest absolute Gasteiger partial charge is 0.361 e. The van der Waals surface area contributed by atoms with Gasteiger partial charge in [-0.2, -0.15) is 0 Å².